The summed E-state index contributed by atoms with van der Waals surface area (Å²) in [6.07, 6.45) is 1.74. The summed E-state index contributed by atoms with van der Waals surface area (Å²) < 4.78 is 5.37. The van der Waals surface area contributed by atoms with Crippen LogP contribution >= 0.6 is 11.3 Å². The van der Waals surface area contributed by atoms with Crippen molar-refractivity contribution in [2.45, 2.75) is 6.54 Å². The first-order chi connectivity index (χ1) is 6.42. The van der Waals surface area contributed by atoms with Gasteiger partial charge in [-0.25, -0.2) is 0 Å². The van der Waals surface area contributed by atoms with Gasteiger partial charge in [0.2, 0.25) is 0 Å². The maximum Gasteiger partial charge on any atom is 0.125 e. The molecule has 0 amide bonds. The second-order valence-corrected chi connectivity index (χ2v) is 3.58. The normalized spacial score (nSPS) is 10.5. The molecule has 0 spiro atoms. The smallest absolute Gasteiger partial charge is 0.125 e. The van der Waals surface area contributed by atoms with Crippen LogP contribution in [-0.4, -0.2) is 7.05 Å². The van der Waals surface area contributed by atoms with Crippen molar-refractivity contribution in [3.63, 3.8) is 0 Å². The van der Waals surface area contributed by atoms with Crippen LogP contribution in [0.3, 0.4) is 0 Å². The molecular formula is C10H11NOS. The Balaban J connectivity index is 2.35. The Kier molecular flexibility index (Phi) is 2.47. The van der Waals surface area contributed by atoms with Crippen LogP contribution in [0.1, 0.15) is 5.76 Å². The van der Waals surface area contributed by atoms with Gasteiger partial charge in [0.25, 0.3) is 0 Å². The van der Waals surface area contributed by atoms with Gasteiger partial charge in [0, 0.05) is 5.56 Å². The minimum absolute atomic E-state index is 0.776. The topological polar surface area (TPSA) is 25.2 Å². The Morgan fingerprint density at radius 3 is 3.08 bits per heavy atom. The molecule has 2 heterocycles. The maximum atomic E-state index is 5.37. The molecule has 3 heteroatoms. The Hall–Kier alpha value is -1.06. The van der Waals surface area contributed by atoms with E-state index in [0.717, 1.165) is 12.3 Å². The number of rotatable bonds is 3. The average Bonchev–Trinajstić information content (AvgIpc) is 2.71. The predicted molar refractivity (Wildman–Crippen MR) is 54.8 cm³/mol. The van der Waals surface area contributed by atoms with Gasteiger partial charge in [0.15, 0.2) is 0 Å². The molecule has 0 aliphatic rings. The van der Waals surface area contributed by atoms with Gasteiger partial charge in [0.1, 0.15) is 5.76 Å². The summed E-state index contributed by atoms with van der Waals surface area (Å²) in [5.74, 6) is 1.00. The van der Waals surface area contributed by atoms with Crippen LogP contribution in [0, 0.1) is 0 Å². The molecule has 0 radical (unpaired) electrons. The van der Waals surface area contributed by atoms with Crippen molar-refractivity contribution in [1.82, 2.24) is 5.32 Å². The molecule has 2 rings (SSSR count). The molecule has 0 atom stereocenters. The van der Waals surface area contributed by atoms with Crippen LogP contribution in [0.2, 0.25) is 0 Å². The zero-order valence-electron chi connectivity index (χ0n) is 7.41. The molecule has 0 aromatic carbocycles. The van der Waals surface area contributed by atoms with Gasteiger partial charge >= 0.3 is 0 Å². The lowest BCUT2D eigenvalue weighted by Crippen LogP contribution is -2.04. The van der Waals surface area contributed by atoms with Gasteiger partial charge in [-0.1, -0.05) is 0 Å². The fourth-order valence-corrected chi connectivity index (χ4v) is 1.97. The van der Waals surface area contributed by atoms with Crippen molar-refractivity contribution in [1.29, 1.82) is 0 Å². The Morgan fingerprint density at radius 1 is 1.46 bits per heavy atom. The lowest BCUT2D eigenvalue weighted by molar-refractivity contribution is 0.497. The molecule has 0 unspecified atom stereocenters. The zero-order chi connectivity index (χ0) is 9.10. The van der Waals surface area contributed by atoms with Gasteiger partial charge in [0.05, 0.1) is 12.8 Å². The van der Waals surface area contributed by atoms with Crippen molar-refractivity contribution in [3.8, 4) is 11.1 Å². The van der Waals surface area contributed by atoms with Crippen LogP contribution in [0.25, 0.3) is 11.1 Å². The zero-order valence-corrected chi connectivity index (χ0v) is 8.23. The third-order valence-corrected chi connectivity index (χ3v) is 2.60. The monoisotopic (exact) mass is 193 g/mol. The van der Waals surface area contributed by atoms with Crippen LogP contribution in [0.5, 0.6) is 0 Å². The number of thiophene rings is 1. The van der Waals surface area contributed by atoms with Crippen molar-refractivity contribution >= 4 is 11.3 Å². The van der Waals surface area contributed by atoms with E-state index in [0.29, 0.717) is 0 Å². The van der Waals surface area contributed by atoms with Crippen LogP contribution in [-0.2, 0) is 6.54 Å². The lowest BCUT2D eigenvalue weighted by Gasteiger charge is -1.98. The molecule has 0 saturated carbocycles. The first-order valence-corrected chi connectivity index (χ1v) is 5.09. The first kappa shape index (κ1) is 8.53. The molecule has 0 aliphatic carbocycles. The first-order valence-electron chi connectivity index (χ1n) is 4.15. The molecule has 0 fully saturated rings. The number of hydrogen-bond acceptors (Lipinski definition) is 3. The summed E-state index contributed by atoms with van der Waals surface area (Å²) in [7, 11) is 1.92. The van der Waals surface area contributed by atoms with Gasteiger partial charge in [-0.15, -0.1) is 0 Å². The largest absolute Gasteiger partial charge is 0.467 e. The standard InChI is InChI=1S/C10H11NOS/c1-11-6-10-9(2-4-12-10)8-3-5-13-7-8/h2-5,7,11H,6H2,1H3. The van der Waals surface area contributed by atoms with Crippen LogP contribution < -0.4 is 5.32 Å². The van der Waals surface area contributed by atoms with E-state index in [-0.39, 0.29) is 0 Å². The molecule has 1 N–H and O–H groups in total. The molecule has 0 saturated heterocycles. The van der Waals surface area contributed by atoms with E-state index in [4.69, 9.17) is 4.42 Å². The van der Waals surface area contributed by atoms with Gasteiger partial charge in [-0.3, -0.25) is 0 Å². The second kappa shape index (κ2) is 3.77. The van der Waals surface area contributed by atoms with E-state index < -0.39 is 0 Å². The molecule has 2 nitrogen and oxygen atoms in total. The van der Waals surface area contributed by atoms with Crippen LogP contribution in [0.15, 0.2) is 33.6 Å². The number of nitrogens with one attached hydrogen (secondary N) is 1. The van der Waals surface area contributed by atoms with E-state index in [1.54, 1.807) is 17.6 Å². The SMILES string of the molecule is CNCc1occc1-c1ccsc1. The maximum absolute atomic E-state index is 5.37. The highest BCUT2D eigenvalue weighted by molar-refractivity contribution is 7.08. The summed E-state index contributed by atoms with van der Waals surface area (Å²) in [5.41, 5.74) is 2.43. The fourth-order valence-electron chi connectivity index (χ4n) is 1.31. The van der Waals surface area contributed by atoms with Crippen molar-refractivity contribution in [2.24, 2.45) is 0 Å². The minimum Gasteiger partial charge on any atom is -0.467 e. The van der Waals surface area contributed by atoms with Gasteiger partial charge < -0.3 is 9.73 Å². The van der Waals surface area contributed by atoms with Gasteiger partial charge in [-0.2, -0.15) is 11.3 Å². The predicted octanol–water partition coefficient (Wildman–Crippen LogP) is 2.73. The summed E-state index contributed by atoms with van der Waals surface area (Å²) in [5, 5.41) is 7.29. The Morgan fingerprint density at radius 2 is 2.38 bits per heavy atom. The van der Waals surface area contributed by atoms with Crippen molar-refractivity contribution in [2.75, 3.05) is 7.05 Å². The summed E-state index contributed by atoms with van der Waals surface area (Å²) in [6.45, 7) is 0.776. The molecule has 2 aromatic rings. The van der Waals surface area contributed by atoms with Crippen LogP contribution in [0.4, 0.5) is 0 Å². The molecule has 2 aromatic heterocycles. The number of hydrogen-bond donors (Lipinski definition) is 1. The molecule has 68 valence electrons. The molecule has 13 heavy (non-hydrogen) atoms. The van der Waals surface area contributed by atoms with E-state index in [1.165, 1.54) is 11.1 Å². The van der Waals surface area contributed by atoms with Gasteiger partial charge in [-0.05, 0) is 35.5 Å². The molecule has 0 bridgehead atoms. The molecular weight excluding hydrogens is 182 g/mol. The summed E-state index contributed by atoms with van der Waals surface area (Å²) in [6, 6.07) is 4.11. The average molecular weight is 193 g/mol. The van der Waals surface area contributed by atoms with E-state index >= 15 is 0 Å². The van der Waals surface area contributed by atoms with E-state index in [1.807, 2.05) is 13.1 Å². The molecule has 0 aliphatic heterocycles. The fraction of sp³-hybridized carbons (Fsp3) is 0.200. The second-order valence-electron chi connectivity index (χ2n) is 2.80. The minimum atomic E-state index is 0.776. The number of furan rings is 1. The lowest BCUT2D eigenvalue weighted by atomic mass is 10.1. The summed E-state index contributed by atoms with van der Waals surface area (Å²) in [4.78, 5) is 0. The third-order valence-electron chi connectivity index (χ3n) is 1.91. The van der Waals surface area contributed by atoms with E-state index in [2.05, 4.69) is 22.1 Å². The van der Waals surface area contributed by atoms with Crippen molar-refractivity contribution in [3.05, 3.63) is 34.9 Å². The Labute approximate surface area is 81.2 Å². The highest BCUT2D eigenvalue weighted by Crippen LogP contribution is 2.26. The summed E-state index contributed by atoms with van der Waals surface area (Å²) >= 11 is 1.70. The van der Waals surface area contributed by atoms with Crippen molar-refractivity contribution < 1.29 is 4.42 Å². The van der Waals surface area contributed by atoms with E-state index in [9.17, 15) is 0 Å². The third kappa shape index (κ3) is 1.66. The quantitative estimate of drug-likeness (QED) is 0.810. The highest BCUT2D eigenvalue weighted by Gasteiger charge is 2.07. The Bertz CT molecular complexity index is 364. The highest BCUT2D eigenvalue weighted by atomic mass is 32.1.